The number of hydrogen-bond donors (Lipinski definition) is 3. The Morgan fingerprint density at radius 2 is 1.59 bits per heavy atom. The molecule has 10 heteroatoms. The number of benzene rings is 2. The van der Waals surface area contributed by atoms with Gasteiger partial charge in [-0.2, -0.15) is 0 Å². The summed E-state index contributed by atoms with van der Waals surface area (Å²) in [4.78, 5) is 42.5. The van der Waals surface area contributed by atoms with Gasteiger partial charge < -0.3 is 21.3 Å². The second-order valence-corrected chi connectivity index (χ2v) is 11.2. The lowest BCUT2D eigenvalue weighted by Crippen LogP contribution is -2.55. The third kappa shape index (κ3) is 8.81. The fraction of sp³-hybridized carbons (Fsp3) is 0.516. The van der Waals surface area contributed by atoms with Gasteiger partial charge >= 0.3 is 0 Å². The summed E-state index contributed by atoms with van der Waals surface area (Å²) >= 11 is 0. The quantitative estimate of drug-likeness (QED) is 0.406. The number of alkyl halides is 2. The maximum atomic E-state index is 13.5. The first kappa shape index (κ1) is 30.6. The molecule has 0 radical (unpaired) electrons. The van der Waals surface area contributed by atoms with Gasteiger partial charge in [0.25, 0.3) is 0 Å². The van der Waals surface area contributed by atoms with Crippen LogP contribution in [0.3, 0.4) is 0 Å². The Balaban J connectivity index is 1.31. The fourth-order valence-corrected chi connectivity index (χ4v) is 5.51. The van der Waals surface area contributed by atoms with Crippen LogP contribution in [-0.4, -0.2) is 71.7 Å². The topological polar surface area (TPSA) is 108 Å². The van der Waals surface area contributed by atoms with Crippen LogP contribution in [0.25, 0.3) is 0 Å². The Morgan fingerprint density at radius 3 is 2.20 bits per heavy atom. The van der Waals surface area contributed by atoms with E-state index in [2.05, 4.69) is 27.7 Å². The zero-order chi connectivity index (χ0) is 29.4. The second kappa shape index (κ2) is 14.0. The minimum Gasteiger partial charge on any atom is -0.344 e. The van der Waals surface area contributed by atoms with E-state index in [1.807, 2.05) is 23.1 Å². The van der Waals surface area contributed by atoms with Crippen molar-refractivity contribution in [1.82, 2.24) is 15.1 Å². The number of nitrogens with two attached hydrogens (primary N) is 1. The molecule has 2 atom stereocenters. The first-order valence-electron chi connectivity index (χ1n) is 14.5. The van der Waals surface area contributed by atoms with E-state index >= 15 is 0 Å². The molecule has 4 N–H and O–H groups in total. The summed E-state index contributed by atoms with van der Waals surface area (Å²) in [6.07, 6.45) is 0.552. The number of anilines is 1. The zero-order valence-electron chi connectivity index (χ0n) is 23.7. The zero-order valence-corrected chi connectivity index (χ0v) is 23.7. The van der Waals surface area contributed by atoms with Gasteiger partial charge in [-0.05, 0) is 42.0 Å². The van der Waals surface area contributed by atoms with Crippen molar-refractivity contribution in [3.63, 3.8) is 0 Å². The number of rotatable bonds is 10. The molecule has 8 nitrogen and oxygen atoms in total. The molecule has 3 amide bonds. The minimum atomic E-state index is -2.67. The van der Waals surface area contributed by atoms with Crippen LogP contribution in [0.15, 0.2) is 54.6 Å². The summed E-state index contributed by atoms with van der Waals surface area (Å²) in [5.74, 6) is -3.64. The molecule has 2 fully saturated rings. The van der Waals surface area contributed by atoms with Crippen molar-refractivity contribution in [2.24, 2.45) is 11.7 Å². The number of hydrogen-bond acceptors (Lipinski definition) is 5. The molecule has 0 bridgehead atoms. The number of carbonyl (C=O) groups excluding carboxylic acids is 3. The molecular formula is C31H41F2N5O3. The van der Waals surface area contributed by atoms with E-state index in [0.717, 1.165) is 25.2 Å². The van der Waals surface area contributed by atoms with Gasteiger partial charge in [-0.15, -0.1) is 0 Å². The Bertz CT molecular complexity index is 1160. The van der Waals surface area contributed by atoms with Crippen molar-refractivity contribution in [3.05, 3.63) is 65.7 Å². The molecular weight excluding hydrogens is 528 g/mol. The molecule has 1 heterocycles. The third-order valence-electron chi connectivity index (χ3n) is 8.12. The van der Waals surface area contributed by atoms with Crippen LogP contribution in [0, 0.1) is 5.92 Å². The average molecular weight is 570 g/mol. The molecule has 41 heavy (non-hydrogen) atoms. The van der Waals surface area contributed by atoms with Crippen molar-refractivity contribution < 1.29 is 23.2 Å². The summed E-state index contributed by atoms with van der Waals surface area (Å²) in [5, 5.41) is 5.66. The Kier molecular flexibility index (Phi) is 10.4. The Hall–Kier alpha value is -3.37. The van der Waals surface area contributed by atoms with Crippen LogP contribution in [0.1, 0.15) is 50.2 Å². The van der Waals surface area contributed by atoms with Crippen molar-refractivity contribution >= 4 is 23.4 Å². The molecule has 222 valence electrons. The van der Waals surface area contributed by atoms with Crippen molar-refractivity contribution in [2.75, 3.05) is 31.5 Å². The van der Waals surface area contributed by atoms with Gasteiger partial charge in [0.2, 0.25) is 23.6 Å². The molecule has 0 spiro atoms. The average Bonchev–Trinajstić information content (AvgIpc) is 2.98. The maximum absolute atomic E-state index is 13.5. The highest BCUT2D eigenvalue weighted by molar-refractivity contribution is 5.95. The lowest BCUT2D eigenvalue weighted by Gasteiger charge is -2.36. The van der Waals surface area contributed by atoms with Gasteiger partial charge in [-0.25, -0.2) is 8.78 Å². The van der Waals surface area contributed by atoms with Crippen LogP contribution < -0.4 is 16.4 Å². The molecule has 0 unspecified atom stereocenters. The molecule has 1 saturated carbocycles. The predicted octanol–water partition coefficient (Wildman–Crippen LogP) is 3.56. The van der Waals surface area contributed by atoms with E-state index in [0.29, 0.717) is 25.2 Å². The van der Waals surface area contributed by atoms with E-state index in [1.165, 1.54) is 5.56 Å². The van der Waals surface area contributed by atoms with E-state index in [4.69, 9.17) is 5.73 Å². The third-order valence-corrected chi connectivity index (χ3v) is 8.12. The number of amides is 3. The lowest BCUT2D eigenvalue weighted by molar-refractivity contribution is -0.138. The molecule has 1 aliphatic heterocycles. The van der Waals surface area contributed by atoms with Gasteiger partial charge in [-0.3, -0.25) is 19.3 Å². The Morgan fingerprint density at radius 1 is 0.951 bits per heavy atom. The largest absolute Gasteiger partial charge is 0.344 e. The predicted molar refractivity (Wildman–Crippen MR) is 154 cm³/mol. The van der Waals surface area contributed by atoms with Gasteiger partial charge in [0.1, 0.15) is 6.04 Å². The summed E-state index contributed by atoms with van der Waals surface area (Å²) in [6.45, 7) is 5.29. The highest BCUT2D eigenvalue weighted by Crippen LogP contribution is 2.37. The number of nitrogens with zero attached hydrogens (tertiary/aromatic N) is 2. The van der Waals surface area contributed by atoms with Crippen LogP contribution in [0.4, 0.5) is 14.5 Å². The highest BCUT2D eigenvalue weighted by Gasteiger charge is 2.38. The maximum Gasteiger partial charge on any atom is 0.248 e. The number of halogens is 2. The van der Waals surface area contributed by atoms with Crippen LogP contribution in [0.5, 0.6) is 0 Å². The highest BCUT2D eigenvalue weighted by atomic mass is 19.3. The minimum absolute atomic E-state index is 0.104. The normalized spacial score (nSPS) is 19.3. The van der Waals surface area contributed by atoms with Gasteiger partial charge in [0, 0.05) is 64.1 Å². The number of nitrogens with one attached hydrogen (secondary N) is 2. The van der Waals surface area contributed by atoms with Crippen LogP contribution in [0.2, 0.25) is 0 Å². The smallest absolute Gasteiger partial charge is 0.248 e. The first-order chi connectivity index (χ1) is 19.6. The molecule has 1 aliphatic carbocycles. The molecule has 4 rings (SSSR count). The molecule has 2 aliphatic rings. The van der Waals surface area contributed by atoms with Gasteiger partial charge in [0.15, 0.2) is 0 Å². The van der Waals surface area contributed by atoms with E-state index in [9.17, 15) is 23.2 Å². The lowest BCUT2D eigenvalue weighted by atomic mass is 9.82. The standard InChI is InChI=1S/C31H41F2N5O3/c1-2-27(39)36-26(30(41)38-18-16-37(17-19-38)21-23-6-4-3-5-7-23)20-22-8-10-25(11-9-22)35-29(40)28(34)24-12-14-31(32,33)15-13-24/h3-11,24,26,28H,2,12-21,34H2,1H3,(H,35,40)(H,36,39)/t26-,28+/m1/s1. The molecule has 1 saturated heterocycles. The van der Waals surface area contributed by atoms with Crippen molar-refractivity contribution in [2.45, 2.75) is 70.0 Å². The SMILES string of the molecule is CCC(=O)N[C@H](Cc1ccc(NC(=O)[C@@H](N)C2CCC(F)(F)CC2)cc1)C(=O)N1CCN(Cc2ccccc2)CC1. The van der Waals surface area contributed by atoms with E-state index in [-0.39, 0.29) is 49.8 Å². The summed E-state index contributed by atoms with van der Waals surface area (Å²) in [5.41, 5.74) is 8.69. The van der Waals surface area contributed by atoms with E-state index in [1.54, 1.807) is 31.2 Å². The summed E-state index contributed by atoms with van der Waals surface area (Å²) in [7, 11) is 0. The molecule has 2 aromatic carbocycles. The van der Waals surface area contributed by atoms with Gasteiger partial charge in [0.05, 0.1) is 6.04 Å². The van der Waals surface area contributed by atoms with Crippen LogP contribution in [-0.2, 0) is 27.3 Å². The number of carbonyl (C=O) groups is 3. The monoisotopic (exact) mass is 569 g/mol. The summed E-state index contributed by atoms with van der Waals surface area (Å²) < 4.78 is 26.9. The van der Waals surface area contributed by atoms with Crippen LogP contribution >= 0.6 is 0 Å². The second-order valence-electron chi connectivity index (χ2n) is 11.2. The molecule has 0 aromatic heterocycles. The van der Waals surface area contributed by atoms with Gasteiger partial charge in [-0.1, -0.05) is 49.4 Å². The molecule has 2 aromatic rings. The van der Waals surface area contributed by atoms with E-state index < -0.39 is 23.9 Å². The Labute approximate surface area is 240 Å². The van der Waals surface area contributed by atoms with Crippen molar-refractivity contribution in [1.29, 1.82) is 0 Å². The first-order valence-corrected chi connectivity index (χ1v) is 14.5. The van der Waals surface area contributed by atoms with Crippen molar-refractivity contribution in [3.8, 4) is 0 Å². The number of piperazine rings is 1. The summed E-state index contributed by atoms with van der Waals surface area (Å²) in [6, 6.07) is 15.7. The fourth-order valence-electron chi connectivity index (χ4n) is 5.51.